The lowest BCUT2D eigenvalue weighted by atomic mass is 10.2. The van der Waals surface area contributed by atoms with Crippen LogP contribution in [0.5, 0.6) is 0 Å². The highest BCUT2D eigenvalue weighted by atomic mass is 16.4. The number of carbonyl (C=O) groups excluding carboxylic acids is 1. The van der Waals surface area contributed by atoms with E-state index in [1.165, 1.54) is 0 Å². The van der Waals surface area contributed by atoms with Gasteiger partial charge in [-0.3, -0.25) is 5.32 Å². The smallest absolute Gasteiger partial charge is 0.362 e. The number of urea groups is 1. The average Bonchev–Trinajstić information content (AvgIpc) is 2.54. The topological polar surface area (TPSA) is 83.4 Å². The summed E-state index contributed by atoms with van der Waals surface area (Å²) < 4.78 is 5.31. The quantitative estimate of drug-likeness (QED) is 0.712. The summed E-state index contributed by atoms with van der Waals surface area (Å²) in [5, 5.41) is 9.38. The highest BCUT2D eigenvalue weighted by Gasteiger charge is 2.17. The van der Waals surface area contributed by atoms with Crippen molar-refractivity contribution < 1.29 is 9.21 Å². The van der Waals surface area contributed by atoms with E-state index < -0.39 is 11.7 Å². The zero-order chi connectivity index (χ0) is 16.8. The van der Waals surface area contributed by atoms with Crippen molar-refractivity contribution in [2.45, 2.75) is 39.7 Å². The number of nitrogens with one attached hydrogen (secondary N) is 3. The number of anilines is 2. The second-order valence-electron chi connectivity index (χ2n) is 5.47. The fourth-order valence-electron chi connectivity index (χ4n) is 2.17. The Kier molecular flexibility index (Phi) is 5.62. The molecule has 124 valence electrons. The van der Waals surface area contributed by atoms with Gasteiger partial charge in [-0.2, -0.15) is 0 Å². The van der Waals surface area contributed by atoms with Crippen molar-refractivity contribution >= 4 is 28.4 Å². The number of benzene rings is 1. The van der Waals surface area contributed by atoms with Crippen LogP contribution in [0, 0.1) is 0 Å². The molecular weight excluding hydrogens is 294 g/mol. The largest absolute Gasteiger partial charge is 0.421 e. The van der Waals surface area contributed by atoms with Gasteiger partial charge in [0.2, 0.25) is 0 Å². The second-order valence-corrected chi connectivity index (χ2v) is 5.47. The van der Waals surface area contributed by atoms with Crippen molar-refractivity contribution in [3.8, 4) is 0 Å². The van der Waals surface area contributed by atoms with Crippen LogP contribution in [-0.2, 0) is 0 Å². The highest BCUT2D eigenvalue weighted by molar-refractivity contribution is 6.01. The van der Waals surface area contributed by atoms with Gasteiger partial charge in [-0.1, -0.05) is 26.0 Å². The molecule has 6 nitrogen and oxygen atoms in total. The van der Waals surface area contributed by atoms with Crippen LogP contribution in [0.3, 0.4) is 0 Å². The first-order chi connectivity index (χ1) is 11.1. The van der Waals surface area contributed by atoms with E-state index in [2.05, 4.69) is 16.0 Å². The van der Waals surface area contributed by atoms with E-state index >= 15 is 0 Å². The summed E-state index contributed by atoms with van der Waals surface area (Å²) in [5.41, 5.74) is 0.654. The molecule has 0 spiro atoms. The van der Waals surface area contributed by atoms with Crippen molar-refractivity contribution in [1.82, 2.24) is 5.32 Å². The molecule has 0 unspecified atom stereocenters. The number of carbonyl (C=O) groups is 1. The summed E-state index contributed by atoms with van der Waals surface area (Å²) >= 11 is 0. The number of hydrogen-bond donors (Lipinski definition) is 3. The van der Waals surface area contributed by atoms with Crippen LogP contribution in [0.1, 0.15) is 33.6 Å². The zero-order valence-electron chi connectivity index (χ0n) is 13.7. The molecule has 0 aliphatic carbocycles. The Morgan fingerprint density at radius 3 is 2.65 bits per heavy atom. The van der Waals surface area contributed by atoms with E-state index in [1.807, 2.05) is 32.9 Å². The van der Waals surface area contributed by atoms with Crippen LogP contribution in [0.4, 0.5) is 16.2 Å². The Bertz CT molecular complexity index is 739. The lowest BCUT2D eigenvalue weighted by Crippen LogP contribution is -2.37. The zero-order valence-corrected chi connectivity index (χ0v) is 13.7. The van der Waals surface area contributed by atoms with Gasteiger partial charge >= 0.3 is 11.7 Å². The summed E-state index contributed by atoms with van der Waals surface area (Å²) in [4.78, 5) is 24.3. The van der Waals surface area contributed by atoms with Crippen LogP contribution >= 0.6 is 0 Å². The molecule has 1 atom stereocenters. The Morgan fingerprint density at radius 1 is 1.22 bits per heavy atom. The molecular formula is C17H23N3O3. The Labute approximate surface area is 135 Å². The van der Waals surface area contributed by atoms with Crippen molar-refractivity contribution in [3.05, 3.63) is 34.7 Å². The molecule has 3 N–H and O–H groups in total. The van der Waals surface area contributed by atoms with Gasteiger partial charge in [0.25, 0.3) is 0 Å². The monoisotopic (exact) mass is 317 g/mol. The third-order valence-electron chi connectivity index (χ3n) is 3.59. The number of amides is 2. The van der Waals surface area contributed by atoms with Crippen molar-refractivity contribution in [2.24, 2.45) is 0 Å². The summed E-state index contributed by atoms with van der Waals surface area (Å²) in [6, 6.07) is 6.86. The average molecular weight is 317 g/mol. The molecule has 0 fully saturated rings. The third kappa shape index (κ3) is 4.03. The molecule has 2 rings (SSSR count). The normalized spacial score (nSPS) is 12.0. The van der Waals surface area contributed by atoms with Crippen LogP contribution in [-0.4, -0.2) is 18.6 Å². The van der Waals surface area contributed by atoms with Crippen LogP contribution < -0.4 is 21.6 Å². The van der Waals surface area contributed by atoms with Crippen LogP contribution in [0.25, 0.3) is 11.0 Å². The van der Waals surface area contributed by atoms with Gasteiger partial charge in [-0.15, -0.1) is 0 Å². The first-order valence-corrected chi connectivity index (χ1v) is 7.94. The first-order valence-electron chi connectivity index (χ1n) is 7.94. The van der Waals surface area contributed by atoms with E-state index in [9.17, 15) is 9.59 Å². The molecule has 6 heteroatoms. The molecule has 1 heterocycles. The molecule has 0 radical (unpaired) electrons. The van der Waals surface area contributed by atoms with Gasteiger partial charge in [0.15, 0.2) is 5.69 Å². The van der Waals surface area contributed by atoms with E-state index in [1.54, 1.807) is 12.1 Å². The van der Waals surface area contributed by atoms with Gasteiger partial charge in [0, 0.05) is 18.0 Å². The van der Waals surface area contributed by atoms with Crippen molar-refractivity contribution in [2.75, 3.05) is 17.2 Å². The maximum atomic E-state index is 12.3. The van der Waals surface area contributed by atoms with Gasteiger partial charge in [0.1, 0.15) is 5.58 Å². The van der Waals surface area contributed by atoms with Crippen molar-refractivity contribution in [3.63, 3.8) is 0 Å². The second kappa shape index (κ2) is 7.67. The minimum Gasteiger partial charge on any atom is -0.421 e. The summed E-state index contributed by atoms with van der Waals surface area (Å²) in [6.45, 7) is 6.60. The number of hydrogen-bond acceptors (Lipinski definition) is 4. The molecule has 2 aromatic rings. The van der Waals surface area contributed by atoms with Crippen LogP contribution in [0.15, 0.2) is 33.5 Å². The maximum absolute atomic E-state index is 12.3. The molecule has 23 heavy (non-hydrogen) atoms. The predicted molar refractivity (Wildman–Crippen MR) is 93.2 cm³/mol. The fraction of sp³-hybridized carbons (Fsp3) is 0.412. The summed E-state index contributed by atoms with van der Waals surface area (Å²) in [5.74, 6) is 0. The highest BCUT2D eigenvalue weighted by Crippen LogP contribution is 2.28. The molecule has 0 bridgehead atoms. The third-order valence-corrected chi connectivity index (χ3v) is 3.59. The van der Waals surface area contributed by atoms with E-state index in [0.717, 1.165) is 18.2 Å². The van der Waals surface area contributed by atoms with Gasteiger partial charge in [-0.25, -0.2) is 9.59 Å². The molecule has 0 saturated carbocycles. The lowest BCUT2D eigenvalue weighted by molar-refractivity contribution is 0.249. The van der Waals surface area contributed by atoms with Crippen LogP contribution in [0.2, 0.25) is 0 Å². The van der Waals surface area contributed by atoms with E-state index in [4.69, 9.17) is 4.42 Å². The lowest BCUT2D eigenvalue weighted by Gasteiger charge is -2.16. The Hall–Kier alpha value is -2.50. The number of para-hydroxylation sites is 1. The molecule has 0 saturated heterocycles. The van der Waals surface area contributed by atoms with E-state index in [0.29, 0.717) is 17.8 Å². The molecule has 2 amide bonds. The van der Waals surface area contributed by atoms with E-state index in [-0.39, 0.29) is 11.7 Å². The standard InChI is InChI=1S/C17H23N3O3/c1-4-10-18-14-12-8-6-7-9-13(12)23-16(21)15(14)20-17(22)19-11(3)5-2/h6-9,11,18H,4-5,10H2,1-3H3,(H2,19,20,22)/t11-/m1/s1. The van der Waals surface area contributed by atoms with Crippen molar-refractivity contribution in [1.29, 1.82) is 0 Å². The van der Waals surface area contributed by atoms with Gasteiger partial charge in [0.05, 0.1) is 5.69 Å². The minimum atomic E-state index is -0.568. The molecule has 0 aliphatic rings. The SMILES string of the molecule is CCCNc1c(NC(=O)N[C@H](C)CC)c(=O)oc2ccccc12. The molecule has 0 aliphatic heterocycles. The van der Waals surface area contributed by atoms with Gasteiger partial charge < -0.3 is 15.1 Å². The fourth-order valence-corrected chi connectivity index (χ4v) is 2.17. The number of fused-ring (bicyclic) bond motifs is 1. The predicted octanol–water partition coefficient (Wildman–Crippen LogP) is 3.53. The summed E-state index contributed by atoms with van der Waals surface area (Å²) in [7, 11) is 0. The summed E-state index contributed by atoms with van der Waals surface area (Å²) in [6.07, 6.45) is 1.70. The minimum absolute atomic E-state index is 0.0227. The molecule has 1 aromatic heterocycles. The van der Waals surface area contributed by atoms with Gasteiger partial charge in [-0.05, 0) is 31.9 Å². The Balaban J connectivity index is 2.42. The number of rotatable bonds is 6. The molecule has 1 aromatic carbocycles. The first kappa shape index (κ1) is 16.9. The Morgan fingerprint density at radius 2 is 1.96 bits per heavy atom. The maximum Gasteiger partial charge on any atom is 0.362 e.